The van der Waals surface area contributed by atoms with Crippen LogP contribution in [0.4, 0.5) is 17.6 Å². The van der Waals surface area contributed by atoms with Crippen LogP contribution in [0.25, 0.3) is 28.1 Å². The van der Waals surface area contributed by atoms with Gasteiger partial charge in [0, 0.05) is 17.4 Å². The van der Waals surface area contributed by atoms with Crippen LogP contribution in [-0.2, 0) is 15.2 Å². The Morgan fingerprint density at radius 3 is 1.79 bits per heavy atom. The Morgan fingerprint density at radius 1 is 0.818 bits per heavy atom. The third-order valence-electron chi connectivity index (χ3n) is 4.91. The lowest BCUT2D eigenvalue weighted by Gasteiger charge is -2.12. The van der Waals surface area contributed by atoms with Gasteiger partial charge in [0.2, 0.25) is 0 Å². The van der Waals surface area contributed by atoms with Gasteiger partial charge in [-0.1, -0.05) is 24.3 Å². The molecule has 0 amide bonds. The van der Waals surface area contributed by atoms with Crippen LogP contribution >= 0.6 is 11.6 Å². The highest BCUT2D eigenvalue weighted by atomic mass is 35.5. The summed E-state index contributed by atoms with van der Waals surface area (Å²) in [6, 6.07) is 15.4. The molecule has 0 unspecified atom stereocenters. The average molecular weight is 495 g/mol. The van der Waals surface area contributed by atoms with E-state index in [0.717, 1.165) is 30.5 Å². The minimum absolute atomic E-state index is 0.0327. The summed E-state index contributed by atoms with van der Waals surface area (Å²) in [6.07, 6.45) is 1.04. The summed E-state index contributed by atoms with van der Waals surface area (Å²) in [5, 5.41) is 0.136. The summed E-state index contributed by atoms with van der Waals surface area (Å²) < 4.78 is 80.8. The Bertz CT molecular complexity index is 1410. The maximum atomic E-state index is 14.5. The van der Waals surface area contributed by atoms with E-state index in [1.807, 2.05) is 0 Å². The number of alkyl halides is 3. The fraction of sp³-hybridized carbons (Fsp3) is 0.0870. The van der Waals surface area contributed by atoms with Gasteiger partial charge in [0.1, 0.15) is 11.6 Å². The molecule has 4 rings (SSSR count). The molecule has 10 heteroatoms. The predicted molar refractivity (Wildman–Crippen MR) is 117 cm³/mol. The van der Waals surface area contributed by atoms with E-state index in [4.69, 9.17) is 11.6 Å². The zero-order chi connectivity index (χ0) is 24.0. The van der Waals surface area contributed by atoms with E-state index in [2.05, 4.69) is 5.10 Å². The zero-order valence-electron chi connectivity index (χ0n) is 16.9. The Kier molecular flexibility index (Phi) is 5.79. The molecule has 0 bridgehead atoms. The van der Waals surface area contributed by atoms with Gasteiger partial charge in [-0.2, -0.15) is 13.9 Å². The van der Waals surface area contributed by atoms with Gasteiger partial charge in [-0.05, 0) is 65.7 Å². The molecular weight excluding hydrogens is 480 g/mol. The van der Waals surface area contributed by atoms with Gasteiger partial charge in [0.15, 0.2) is 15.5 Å². The minimum atomic E-state index is -3.89. The molecule has 4 aromatic rings. The third-order valence-corrected chi connectivity index (χ3v) is 6.22. The van der Waals surface area contributed by atoms with Crippen LogP contribution in [0.1, 0.15) is 5.69 Å². The fourth-order valence-electron chi connectivity index (χ4n) is 3.40. The molecule has 0 radical (unpaired) electrons. The quantitative estimate of drug-likeness (QED) is 0.246. The Labute approximate surface area is 192 Å². The summed E-state index contributed by atoms with van der Waals surface area (Å²) in [7, 11) is -3.50. The first kappa shape index (κ1) is 23.0. The van der Waals surface area contributed by atoms with Crippen LogP contribution in [0.3, 0.4) is 0 Å². The Balaban J connectivity index is 2.07. The standard InChI is InChI=1S/C23H15ClF4N2O2S/c1-33(31,32)19-12-4-15(5-13-19)21-20(14-2-6-16(25)7-3-14)22(23(24,27)28)29-30(21)18-10-8-17(26)9-11-18/h2-13H,1H3. The lowest BCUT2D eigenvalue weighted by atomic mass is 9.98. The van der Waals surface area contributed by atoms with Crippen molar-refractivity contribution in [1.29, 1.82) is 0 Å². The van der Waals surface area contributed by atoms with Crippen molar-refractivity contribution in [3.05, 3.63) is 90.1 Å². The summed E-state index contributed by atoms with van der Waals surface area (Å²) in [5.74, 6) is -1.10. The second-order valence-corrected chi connectivity index (χ2v) is 9.75. The molecule has 4 nitrogen and oxygen atoms in total. The summed E-state index contributed by atoms with van der Waals surface area (Å²) in [6.45, 7) is 0. The van der Waals surface area contributed by atoms with Gasteiger partial charge in [-0.3, -0.25) is 0 Å². The first-order valence-corrected chi connectivity index (χ1v) is 11.7. The molecular formula is C23H15ClF4N2O2S. The molecule has 0 aliphatic carbocycles. The van der Waals surface area contributed by atoms with E-state index in [0.29, 0.717) is 5.56 Å². The SMILES string of the molecule is CS(=O)(=O)c1ccc(-c2c(-c3ccc(F)cc3)c(C(F)(F)Cl)nn2-c2ccc(F)cc2)cc1. The van der Waals surface area contributed by atoms with Crippen molar-refractivity contribution in [3.8, 4) is 28.1 Å². The number of hydrogen-bond acceptors (Lipinski definition) is 3. The van der Waals surface area contributed by atoms with Crippen LogP contribution in [0.5, 0.6) is 0 Å². The first-order chi connectivity index (χ1) is 15.4. The Morgan fingerprint density at radius 2 is 1.30 bits per heavy atom. The molecule has 0 fully saturated rings. The van der Waals surface area contributed by atoms with Crippen LogP contribution < -0.4 is 0 Å². The van der Waals surface area contributed by atoms with Crippen LogP contribution in [-0.4, -0.2) is 24.5 Å². The molecule has 1 heterocycles. The minimum Gasteiger partial charge on any atom is -0.232 e. The van der Waals surface area contributed by atoms with E-state index in [1.54, 1.807) is 0 Å². The lowest BCUT2D eigenvalue weighted by Crippen LogP contribution is -2.07. The molecule has 0 aliphatic rings. The lowest BCUT2D eigenvalue weighted by molar-refractivity contribution is 0.0901. The number of sulfone groups is 1. The van der Waals surface area contributed by atoms with Crippen LogP contribution in [0.15, 0.2) is 77.7 Å². The van der Waals surface area contributed by atoms with Crippen molar-refractivity contribution in [1.82, 2.24) is 9.78 Å². The number of halogens is 5. The van der Waals surface area contributed by atoms with Gasteiger partial charge < -0.3 is 0 Å². The molecule has 0 N–H and O–H groups in total. The second kappa shape index (κ2) is 8.31. The van der Waals surface area contributed by atoms with Gasteiger partial charge >= 0.3 is 5.38 Å². The largest absolute Gasteiger partial charge is 0.367 e. The number of nitrogens with zero attached hydrogens (tertiary/aromatic N) is 2. The topological polar surface area (TPSA) is 52.0 Å². The molecule has 33 heavy (non-hydrogen) atoms. The van der Waals surface area contributed by atoms with Crippen molar-refractivity contribution in [3.63, 3.8) is 0 Å². The molecule has 0 aliphatic heterocycles. The van der Waals surface area contributed by atoms with Crippen molar-refractivity contribution < 1.29 is 26.0 Å². The van der Waals surface area contributed by atoms with E-state index >= 15 is 0 Å². The summed E-state index contributed by atoms with van der Waals surface area (Å²) in [4.78, 5) is 0.0327. The monoisotopic (exact) mass is 494 g/mol. The second-order valence-electron chi connectivity index (χ2n) is 7.26. The normalized spacial score (nSPS) is 12.2. The average Bonchev–Trinajstić information content (AvgIpc) is 3.15. The van der Waals surface area contributed by atoms with Crippen molar-refractivity contribution in [2.24, 2.45) is 0 Å². The number of benzene rings is 3. The van der Waals surface area contributed by atoms with Crippen LogP contribution in [0, 0.1) is 11.6 Å². The molecule has 0 spiro atoms. The van der Waals surface area contributed by atoms with Crippen molar-refractivity contribution >= 4 is 21.4 Å². The molecule has 0 atom stereocenters. The smallest absolute Gasteiger partial charge is 0.232 e. The highest BCUT2D eigenvalue weighted by molar-refractivity contribution is 7.90. The van der Waals surface area contributed by atoms with E-state index in [9.17, 15) is 26.0 Å². The van der Waals surface area contributed by atoms with Gasteiger partial charge in [0.25, 0.3) is 0 Å². The van der Waals surface area contributed by atoms with Crippen LogP contribution in [0.2, 0.25) is 0 Å². The summed E-state index contributed by atoms with van der Waals surface area (Å²) in [5.41, 5.74) is 0.0828. The molecule has 1 aromatic heterocycles. The zero-order valence-corrected chi connectivity index (χ0v) is 18.5. The molecule has 3 aromatic carbocycles. The van der Waals surface area contributed by atoms with Crippen molar-refractivity contribution in [2.75, 3.05) is 6.26 Å². The molecule has 170 valence electrons. The maximum absolute atomic E-state index is 14.5. The number of aromatic nitrogens is 2. The van der Waals surface area contributed by atoms with Crippen molar-refractivity contribution in [2.45, 2.75) is 10.3 Å². The number of rotatable bonds is 5. The molecule has 0 saturated carbocycles. The predicted octanol–water partition coefficient (Wildman–Crippen LogP) is 6.18. The van der Waals surface area contributed by atoms with E-state index < -0.39 is 32.5 Å². The van der Waals surface area contributed by atoms with Gasteiger partial charge in [0.05, 0.1) is 16.3 Å². The van der Waals surface area contributed by atoms with E-state index in [-0.39, 0.29) is 27.4 Å². The van der Waals surface area contributed by atoms with Gasteiger partial charge in [-0.25, -0.2) is 21.9 Å². The van der Waals surface area contributed by atoms with Gasteiger partial charge in [-0.15, -0.1) is 0 Å². The number of hydrogen-bond donors (Lipinski definition) is 0. The van der Waals surface area contributed by atoms with E-state index in [1.165, 1.54) is 53.2 Å². The fourth-order valence-corrected chi connectivity index (χ4v) is 4.16. The first-order valence-electron chi connectivity index (χ1n) is 9.48. The Hall–Kier alpha value is -3.17. The molecule has 0 saturated heterocycles. The third kappa shape index (κ3) is 4.65. The summed E-state index contributed by atoms with van der Waals surface area (Å²) >= 11 is 5.39. The maximum Gasteiger partial charge on any atom is 0.367 e. The highest BCUT2D eigenvalue weighted by Gasteiger charge is 2.38. The highest BCUT2D eigenvalue weighted by Crippen LogP contribution is 2.44.